The number of nitrogens with zero attached hydrogens (tertiary/aromatic N) is 1. The van der Waals surface area contributed by atoms with Crippen LogP contribution in [0.4, 0.5) is 11.4 Å². The highest BCUT2D eigenvalue weighted by Gasteiger charge is 2.34. The van der Waals surface area contributed by atoms with E-state index < -0.39 is 0 Å². The van der Waals surface area contributed by atoms with Gasteiger partial charge in [-0.1, -0.05) is 36.4 Å². The molecule has 6 nitrogen and oxygen atoms in total. The molecule has 0 radical (unpaired) electrons. The van der Waals surface area contributed by atoms with Gasteiger partial charge in [-0.3, -0.25) is 19.3 Å². The Morgan fingerprint density at radius 1 is 0.821 bits per heavy atom. The maximum absolute atomic E-state index is 12.5. The van der Waals surface area contributed by atoms with Gasteiger partial charge >= 0.3 is 0 Å². The zero-order valence-corrected chi connectivity index (χ0v) is 14.9. The van der Waals surface area contributed by atoms with Crippen molar-refractivity contribution in [2.45, 2.75) is 6.54 Å². The van der Waals surface area contributed by atoms with E-state index in [2.05, 4.69) is 5.32 Å². The summed E-state index contributed by atoms with van der Waals surface area (Å²) in [4.78, 5) is 38.5. The SMILES string of the molecule is Nc1ccccc1NC(=O)c1ccc(CN2C(=O)c3ccccc3C2=O)cc1. The average molecular weight is 371 g/mol. The smallest absolute Gasteiger partial charge is 0.261 e. The van der Waals surface area contributed by atoms with Crippen LogP contribution in [0.3, 0.4) is 0 Å². The van der Waals surface area contributed by atoms with Crippen molar-refractivity contribution in [2.75, 3.05) is 11.1 Å². The van der Waals surface area contributed by atoms with E-state index in [-0.39, 0.29) is 24.3 Å². The van der Waals surface area contributed by atoms with Gasteiger partial charge in [-0.05, 0) is 42.0 Å². The van der Waals surface area contributed by atoms with E-state index >= 15 is 0 Å². The molecule has 0 aliphatic carbocycles. The first-order valence-electron chi connectivity index (χ1n) is 8.74. The van der Waals surface area contributed by atoms with Gasteiger partial charge in [-0.2, -0.15) is 0 Å². The molecule has 0 spiro atoms. The predicted molar refractivity (Wildman–Crippen MR) is 106 cm³/mol. The minimum Gasteiger partial charge on any atom is -0.397 e. The maximum atomic E-state index is 12.5. The van der Waals surface area contributed by atoms with Gasteiger partial charge in [0.25, 0.3) is 17.7 Å². The average Bonchev–Trinajstić information content (AvgIpc) is 2.95. The number of benzene rings is 3. The second-order valence-electron chi connectivity index (χ2n) is 6.48. The first kappa shape index (κ1) is 17.5. The molecule has 0 bridgehead atoms. The van der Waals surface area contributed by atoms with Crippen LogP contribution in [0.25, 0.3) is 0 Å². The third kappa shape index (κ3) is 3.12. The van der Waals surface area contributed by atoms with Crippen LogP contribution in [-0.4, -0.2) is 22.6 Å². The normalized spacial score (nSPS) is 12.8. The minimum absolute atomic E-state index is 0.153. The summed E-state index contributed by atoms with van der Waals surface area (Å²) in [5, 5.41) is 2.76. The highest BCUT2D eigenvalue weighted by atomic mass is 16.2. The Labute approximate surface area is 161 Å². The van der Waals surface area contributed by atoms with Crippen LogP contribution in [0.2, 0.25) is 0 Å². The molecule has 0 fully saturated rings. The minimum atomic E-state index is -0.304. The number of hydrogen-bond donors (Lipinski definition) is 2. The molecular formula is C22H17N3O3. The van der Waals surface area contributed by atoms with Crippen molar-refractivity contribution >= 4 is 29.1 Å². The Kier molecular flexibility index (Phi) is 4.37. The van der Waals surface area contributed by atoms with Crippen molar-refractivity contribution in [3.05, 3.63) is 95.1 Å². The van der Waals surface area contributed by atoms with Gasteiger partial charge in [-0.25, -0.2) is 0 Å². The Hall–Kier alpha value is -3.93. The number of para-hydroxylation sites is 2. The zero-order valence-electron chi connectivity index (χ0n) is 14.9. The lowest BCUT2D eigenvalue weighted by Gasteiger charge is -2.14. The molecule has 0 unspecified atom stereocenters. The summed E-state index contributed by atoms with van der Waals surface area (Å²) in [6.07, 6.45) is 0. The van der Waals surface area contributed by atoms with E-state index in [4.69, 9.17) is 5.73 Å². The third-order valence-electron chi connectivity index (χ3n) is 4.64. The number of carbonyl (C=O) groups excluding carboxylic acids is 3. The molecule has 6 heteroatoms. The third-order valence-corrected chi connectivity index (χ3v) is 4.64. The van der Waals surface area contributed by atoms with Gasteiger partial charge in [0.05, 0.1) is 29.0 Å². The molecule has 3 N–H and O–H groups in total. The second kappa shape index (κ2) is 7.00. The topological polar surface area (TPSA) is 92.5 Å². The number of fused-ring (bicyclic) bond motifs is 1. The van der Waals surface area contributed by atoms with Crippen molar-refractivity contribution in [3.8, 4) is 0 Å². The van der Waals surface area contributed by atoms with Crippen molar-refractivity contribution in [1.29, 1.82) is 0 Å². The molecule has 0 aromatic heterocycles. The number of anilines is 2. The van der Waals surface area contributed by atoms with Crippen molar-refractivity contribution in [1.82, 2.24) is 4.90 Å². The maximum Gasteiger partial charge on any atom is 0.261 e. The van der Waals surface area contributed by atoms with Crippen LogP contribution in [0.15, 0.2) is 72.8 Å². The molecule has 3 amide bonds. The van der Waals surface area contributed by atoms with Crippen LogP contribution in [0.5, 0.6) is 0 Å². The highest BCUT2D eigenvalue weighted by molar-refractivity contribution is 6.21. The van der Waals surface area contributed by atoms with Gasteiger partial charge in [0.15, 0.2) is 0 Å². The number of nitrogens with two attached hydrogens (primary N) is 1. The molecule has 3 aromatic rings. The number of carbonyl (C=O) groups is 3. The summed E-state index contributed by atoms with van der Waals surface area (Å²) in [5.74, 6) is -0.894. The lowest BCUT2D eigenvalue weighted by atomic mass is 10.1. The van der Waals surface area contributed by atoms with E-state index in [9.17, 15) is 14.4 Å². The number of hydrogen-bond acceptors (Lipinski definition) is 4. The fraction of sp³-hybridized carbons (Fsp3) is 0.0455. The summed E-state index contributed by atoms with van der Waals surface area (Å²) >= 11 is 0. The van der Waals surface area contributed by atoms with Crippen molar-refractivity contribution < 1.29 is 14.4 Å². The lowest BCUT2D eigenvalue weighted by molar-refractivity contribution is 0.0642. The molecule has 0 atom stereocenters. The molecule has 28 heavy (non-hydrogen) atoms. The summed E-state index contributed by atoms with van der Waals surface area (Å²) < 4.78 is 0. The number of amides is 3. The fourth-order valence-corrected chi connectivity index (χ4v) is 3.13. The van der Waals surface area contributed by atoms with E-state index in [0.29, 0.717) is 28.1 Å². The summed E-state index contributed by atoms with van der Waals surface area (Å²) in [7, 11) is 0. The standard InChI is InChI=1S/C22H17N3O3/c23-18-7-3-4-8-19(18)24-20(26)15-11-9-14(10-12-15)13-25-21(27)16-5-1-2-6-17(16)22(25)28/h1-12H,13,23H2,(H,24,26). The fourth-order valence-electron chi connectivity index (χ4n) is 3.13. The Bertz CT molecular complexity index is 1060. The number of rotatable bonds is 4. The molecule has 3 aromatic carbocycles. The Morgan fingerprint density at radius 3 is 2.00 bits per heavy atom. The van der Waals surface area contributed by atoms with Crippen LogP contribution in [0.1, 0.15) is 36.6 Å². The van der Waals surface area contributed by atoms with Crippen LogP contribution in [0, 0.1) is 0 Å². The second-order valence-corrected chi connectivity index (χ2v) is 6.48. The van der Waals surface area contributed by atoms with Gasteiger partial charge < -0.3 is 11.1 Å². The molecule has 1 aliphatic heterocycles. The number of nitrogens with one attached hydrogen (secondary N) is 1. The predicted octanol–water partition coefficient (Wildman–Crippen LogP) is 3.32. The van der Waals surface area contributed by atoms with E-state index in [1.165, 1.54) is 4.90 Å². The monoisotopic (exact) mass is 371 g/mol. The summed E-state index contributed by atoms with van der Waals surface area (Å²) in [5.41, 5.74) is 8.92. The number of imide groups is 1. The van der Waals surface area contributed by atoms with E-state index in [1.54, 1.807) is 72.8 Å². The lowest BCUT2D eigenvalue weighted by Crippen LogP contribution is -2.29. The molecule has 1 heterocycles. The van der Waals surface area contributed by atoms with Gasteiger partial charge in [0.2, 0.25) is 0 Å². The molecule has 138 valence electrons. The zero-order chi connectivity index (χ0) is 19.7. The summed E-state index contributed by atoms with van der Waals surface area (Å²) in [6.45, 7) is 0.153. The van der Waals surface area contributed by atoms with E-state index in [0.717, 1.165) is 5.56 Å². The first-order valence-corrected chi connectivity index (χ1v) is 8.74. The van der Waals surface area contributed by atoms with E-state index in [1.807, 2.05) is 0 Å². The number of nitrogen functional groups attached to an aromatic ring is 1. The largest absolute Gasteiger partial charge is 0.397 e. The quantitative estimate of drug-likeness (QED) is 0.544. The van der Waals surface area contributed by atoms with Crippen molar-refractivity contribution in [3.63, 3.8) is 0 Å². The Balaban J connectivity index is 1.47. The molecule has 1 aliphatic rings. The molecule has 0 saturated heterocycles. The summed E-state index contributed by atoms with van der Waals surface area (Å²) in [6, 6.07) is 20.6. The molecule has 4 rings (SSSR count). The van der Waals surface area contributed by atoms with Crippen LogP contribution in [-0.2, 0) is 6.54 Å². The van der Waals surface area contributed by atoms with Crippen LogP contribution < -0.4 is 11.1 Å². The highest BCUT2D eigenvalue weighted by Crippen LogP contribution is 2.24. The van der Waals surface area contributed by atoms with Crippen molar-refractivity contribution in [2.24, 2.45) is 0 Å². The van der Waals surface area contributed by atoms with Gasteiger partial charge in [0.1, 0.15) is 0 Å². The van der Waals surface area contributed by atoms with Gasteiger partial charge in [0, 0.05) is 5.56 Å². The molecule has 0 saturated carbocycles. The molecular weight excluding hydrogens is 354 g/mol. The Morgan fingerprint density at radius 2 is 1.39 bits per heavy atom. The van der Waals surface area contributed by atoms with Gasteiger partial charge in [-0.15, -0.1) is 0 Å². The van der Waals surface area contributed by atoms with Crippen LogP contribution >= 0.6 is 0 Å². The first-order chi connectivity index (χ1) is 13.5.